The van der Waals surface area contributed by atoms with Crippen molar-refractivity contribution in [1.82, 2.24) is 29.9 Å². The number of hydrogen-bond acceptors (Lipinski definition) is 5. The van der Waals surface area contributed by atoms with Gasteiger partial charge in [0.05, 0.1) is 17.1 Å². The molecule has 3 N–H and O–H groups in total. The Morgan fingerprint density at radius 2 is 2.15 bits per heavy atom. The molecule has 0 aromatic carbocycles. The fourth-order valence-electron chi connectivity index (χ4n) is 1.87. The number of carbonyl (C=O) groups is 1. The molecule has 0 aliphatic heterocycles. The number of rotatable bonds is 5. The summed E-state index contributed by atoms with van der Waals surface area (Å²) in [6.45, 7) is 4.33. The molecule has 0 saturated heterocycles. The smallest absolute Gasteiger partial charge is 0.241 e. The van der Waals surface area contributed by atoms with Crippen LogP contribution in [0.1, 0.15) is 17.2 Å². The third kappa shape index (κ3) is 3.14. The number of aromatic nitrogens is 5. The van der Waals surface area contributed by atoms with E-state index in [0.717, 1.165) is 11.4 Å². The molecule has 2 rings (SSSR count). The van der Waals surface area contributed by atoms with Gasteiger partial charge in [0.15, 0.2) is 5.82 Å². The van der Waals surface area contributed by atoms with E-state index < -0.39 is 0 Å². The summed E-state index contributed by atoms with van der Waals surface area (Å²) in [5.41, 5.74) is 8.01. The van der Waals surface area contributed by atoms with E-state index in [0.29, 0.717) is 24.5 Å². The number of nitrogen functional groups attached to an aromatic ring is 1. The minimum atomic E-state index is -0.105. The molecule has 0 aliphatic carbocycles. The molecule has 0 saturated carbocycles. The summed E-state index contributed by atoms with van der Waals surface area (Å²) < 4.78 is 3.24. The summed E-state index contributed by atoms with van der Waals surface area (Å²) in [5, 5.41) is 11.2. The van der Waals surface area contributed by atoms with E-state index in [9.17, 15) is 4.79 Å². The molecular weight excluding hydrogens is 258 g/mol. The van der Waals surface area contributed by atoms with Gasteiger partial charge in [0.1, 0.15) is 12.9 Å². The molecule has 8 heteroatoms. The fraction of sp³-hybridized carbons (Fsp3) is 0.500. The van der Waals surface area contributed by atoms with Crippen molar-refractivity contribution in [3.8, 4) is 0 Å². The monoisotopic (exact) mass is 277 g/mol. The van der Waals surface area contributed by atoms with E-state index in [1.54, 1.807) is 15.7 Å². The Kier molecular flexibility index (Phi) is 4.02. The van der Waals surface area contributed by atoms with E-state index >= 15 is 0 Å². The second-order valence-corrected chi connectivity index (χ2v) is 4.68. The molecule has 2 aromatic rings. The molecule has 108 valence electrons. The first-order valence-corrected chi connectivity index (χ1v) is 6.38. The van der Waals surface area contributed by atoms with Gasteiger partial charge in [-0.15, -0.1) is 0 Å². The first kappa shape index (κ1) is 14.0. The lowest BCUT2D eigenvalue weighted by molar-refractivity contribution is -0.121. The number of nitrogens with one attached hydrogen (secondary N) is 1. The molecule has 0 atom stereocenters. The Morgan fingerprint density at radius 1 is 1.40 bits per heavy atom. The van der Waals surface area contributed by atoms with Gasteiger partial charge in [-0.05, 0) is 13.8 Å². The van der Waals surface area contributed by atoms with Crippen LogP contribution in [0.25, 0.3) is 0 Å². The zero-order chi connectivity index (χ0) is 14.7. The third-order valence-electron chi connectivity index (χ3n) is 3.05. The van der Waals surface area contributed by atoms with Crippen LogP contribution in [0.3, 0.4) is 0 Å². The van der Waals surface area contributed by atoms with Crippen molar-refractivity contribution in [1.29, 1.82) is 0 Å². The second-order valence-electron chi connectivity index (χ2n) is 4.68. The molecule has 2 heterocycles. The van der Waals surface area contributed by atoms with Crippen LogP contribution < -0.4 is 11.1 Å². The summed E-state index contributed by atoms with van der Waals surface area (Å²) in [6.07, 6.45) is 2.24. The zero-order valence-corrected chi connectivity index (χ0v) is 11.9. The van der Waals surface area contributed by atoms with Crippen LogP contribution in [-0.4, -0.2) is 37.0 Å². The predicted molar refractivity (Wildman–Crippen MR) is 73.8 cm³/mol. The molecule has 0 radical (unpaired) electrons. The minimum absolute atomic E-state index is 0.105. The SMILES string of the molecule is Cc1nn(CC(=O)NCCc2ncn(C)n2)c(C)c1N. The minimum Gasteiger partial charge on any atom is -0.396 e. The summed E-state index contributed by atoms with van der Waals surface area (Å²) in [5.74, 6) is 0.606. The molecule has 1 amide bonds. The van der Waals surface area contributed by atoms with Crippen molar-refractivity contribution >= 4 is 11.6 Å². The Morgan fingerprint density at radius 3 is 2.70 bits per heavy atom. The van der Waals surface area contributed by atoms with Crippen molar-refractivity contribution < 1.29 is 4.79 Å². The predicted octanol–water partition coefficient (Wildman–Crippen LogP) is -0.430. The van der Waals surface area contributed by atoms with Crippen LogP contribution >= 0.6 is 0 Å². The Labute approximate surface area is 117 Å². The van der Waals surface area contributed by atoms with Gasteiger partial charge in [-0.3, -0.25) is 14.2 Å². The standard InChI is InChI=1S/C12H19N7O/c1-8-12(13)9(2)19(16-8)6-11(20)14-5-4-10-15-7-18(3)17-10/h7H,4-6,13H2,1-3H3,(H,14,20). The average Bonchev–Trinajstić information content (AvgIpc) is 2.90. The van der Waals surface area contributed by atoms with Crippen molar-refractivity contribution in [3.63, 3.8) is 0 Å². The molecule has 0 aliphatic rings. The maximum Gasteiger partial charge on any atom is 0.241 e. The summed E-state index contributed by atoms with van der Waals surface area (Å²) >= 11 is 0. The molecule has 0 bridgehead atoms. The lowest BCUT2D eigenvalue weighted by Crippen LogP contribution is -2.30. The van der Waals surface area contributed by atoms with Gasteiger partial charge in [-0.2, -0.15) is 10.2 Å². The average molecular weight is 277 g/mol. The second kappa shape index (κ2) is 5.72. The number of nitrogens with zero attached hydrogens (tertiary/aromatic N) is 5. The number of hydrogen-bond donors (Lipinski definition) is 2. The molecule has 2 aromatic heterocycles. The van der Waals surface area contributed by atoms with Gasteiger partial charge in [-0.25, -0.2) is 4.98 Å². The number of anilines is 1. The summed E-state index contributed by atoms with van der Waals surface area (Å²) in [7, 11) is 1.81. The number of amides is 1. The quantitative estimate of drug-likeness (QED) is 0.771. The first-order valence-electron chi connectivity index (χ1n) is 6.38. The molecule has 0 fully saturated rings. The maximum absolute atomic E-state index is 11.8. The van der Waals surface area contributed by atoms with E-state index in [4.69, 9.17) is 5.73 Å². The zero-order valence-electron chi connectivity index (χ0n) is 11.9. The fourth-order valence-corrected chi connectivity index (χ4v) is 1.87. The Bertz CT molecular complexity index is 613. The van der Waals surface area contributed by atoms with E-state index in [2.05, 4.69) is 20.5 Å². The Balaban J connectivity index is 1.82. The largest absolute Gasteiger partial charge is 0.396 e. The highest BCUT2D eigenvalue weighted by molar-refractivity contribution is 5.75. The molecule has 0 spiro atoms. The topological polar surface area (TPSA) is 104 Å². The van der Waals surface area contributed by atoms with E-state index in [1.807, 2.05) is 20.9 Å². The van der Waals surface area contributed by atoms with Crippen molar-refractivity contribution in [2.75, 3.05) is 12.3 Å². The summed E-state index contributed by atoms with van der Waals surface area (Å²) in [6, 6.07) is 0. The van der Waals surface area contributed by atoms with Crippen LogP contribution in [0, 0.1) is 13.8 Å². The lowest BCUT2D eigenvalue weighted by Gasteiger charge is -2.05. The van der Waals surface area contributed by atoms with Crippen LogP contribution in [0.5, 0.6) is 0 Å². The van der Waals surface area contributed by atoms with Crippen LogP contribution in [0.4, 0.5) is 5.69 Å². The van der Waals surface area contributed by atoms with Crippen LogP contribution in [-0.2, 0) is 24.8 Å². The van der Waals surface area contributed by atoms with Gasteiger partial charge in [-0.1, -0.05) is 0 Å². The van der Waals surface area contributed by atoms with Crippen LogP contribution in [0.2, 0.25) is 0 Å². The highest BCUT2D eigenvalue weighted by atomic mass is 16.2. The molecule has 8 nitrogen and oxygen atoms in total. The van der Waals surface area contributed by atoms with Crippen molar-refractivity contribution in [3.05, 3.63) is 23.5 Å². The molecule has 0 unspecified atom stereocenters. The molecular formula is C12H19N7O. The van der Waals surface area contributed by atoms with Crippen molar-refractivity contribution in [2.45, 2.75) is 26.8 Å². The first-order chi connectivity index (χ1) is 9.47. The number of carbonyl (C=O) groups excluding carboxylic acids is 1. The number of nitrogens with two attached hydrogens (primary N) is 1. The lowest BCUT2D eigenvalue weighted by atomic mass is 10.3. The van der Waals surface area contributed by atoms with Crippen molar-refractivity contribution in [2.24, 2.45) is 7.05 Å². The highest BCUT2D eigenvalue weighted by Gasteiger charge is 2.11. The maximum atomic E-state index is 11.8. The summed E-state index contributed by atoms with van der Waals surface area (Å²) in [4.78, 5) is 15.9. The molecule has 20 heavy (non-hydrogen) atoms. The third-order valence-corrected chi connectivity index (χ3v) is 3.05. The van der Waals surface area contributed by atoms with Gasteiger partial charge in [0, 0.05) is 20.0 Å². The van der Waals surface area contributed by atoms with Gasteiger partial charge < -0.3 is 11.1 Å². The van der Waals surface area contributed by atoms with E-state index in [-0.39, 0.29) is 12.5 Å². The Hall–Kier alpha value is -2.38. The van der Waals surface area contributed by atoms with Gasteiger partial charge in [0.2, 0.25) is 5.91 Å². The van der Waals surface area contributed by atoms with Gasteiger partial charge in [0.25, 0.3) is 0 Å². The number of aryl methyl sites for hydroxylation is 2. The normalized spacial score (nSPS) is 10.8. The van der Waals surface area contributed by atoms with Gasteiger partial charge >= 0.3 is 0 Å². The van der Waals surface area contributed by atoms with Crippen LogP contribution in [0.15, 0.2) is 6.33 Å². The highest BCUT2D eigenvalue weighted by Crippen LogP contribution is 2.14. The van der Waals surface area contributed by atoms with E-state index in [1.165, 1.54) is 0 Å².